The maximum absolute atomic E-state index is 13.0. The van der Waals surface area contributed by atoms with Crippen LogP contribution in [-0.2, 0) is 65.4 Å². The van der Waals surface area contributed by atoms with Gasteiger partial charge < -0.3 is 33.8 Å². The third-order valence-electron chi connectivity index (χ3n) is 14.7. The number of ether oxygens (including phenoxy) is 4. The molecule has 0 aliphatic rings. The first-order valence-corrected chi connectivity index (χ1v) is 39.1. The Morgan fingerprint density at radius 1 is 0.309 bits per heavy atom. The van der Waals surface area contributed by atoms with Gasteiger partial charge >= 0.3 is 39.5 Å². The first-order chi connectivity index (χ1) is 45.7. The van der Waals surface area contributed by atoms with E-state index in [4.69, 9.17) is 37.0 Å². The molecule has 0 aromatic heterocycles. The summed E-state index contributed by atoms with van der Waals surface area (Å²) >= 11 is 0. The molecule has 3 N–H and O–H groups in total. The van der Waals surface area contributed by atoms with Gasteiger partial charge in [0.15, 0.2) is 12.2 Å². The SMILES string of the molecule is CC/C=C\C/C=C\C/C=C\C/C=C\CCCCCCC(=O)OCC(COP(=O)(O)OCC(O)COP(=O)(O)OCC(COC(=O)CCCCCCC/C=C\C/C=C\C/C=C\CC)OC(=O)CCCCCCC/C=C\CCCC)OC(=O)CCCCCCC/C=C\CCCC. The number of esters is 4. The molecule has 0 aromatic carbocycles. The molecule has 0 spiro atoms. The zero-order valence-corrected chi connectivity index (χ0v) is 60.4. The molecular formula is C75H128O17P2. The minimum absolute atomic E-state index is 0.0772. The van der Waals surface area contributed by atoms with Crippen LogP contribution in [0.3, 0.4) is 0 Å². The second-order valence-corrected chi connectivity index (χ2v) is 26.7. The Bertz CT molecular complexity index is 2220. The molecular weight excluding hydrogens is 1230 g/mol. The number of phosphoric ester groups is 2. The Kier molecular flexibility index (Phi) is 64.2. The average Bonchev–Trinajstić information content (AvgIpc) is 1.32. The minimum atomic E-state index is -4.98. The second-order valence-electron chi connectivity index (χ2n) is 23.8. The lowest BCUT2D eigenvalue weighted by molar-refractivity contribution is -0.161. The number of hydrogen-bond acceptors (Lipinski definition) is 15. The van der Waals surface area contributed by atoms with Crippen LogP contribution >= 0.6 is 15.6 Å². The molecule has 5 atom stereocenters. The fraction of sp³-hybridized carbons (Fsp3) is 0.707. The van der Waals surface area contributed by atoms with Gasteiger partial charge in [-0.25, -0.2) is 9.13 Å². The molecule has 540 valence electrons. The Morgan fingerprint density at radius 2 is 0.553 bits per heavy atom. The molecule has 17 nitrogen and oxygen atoms in total. The van der Waals surface area contributed by atoms with Crippen molar-refractivity contribution in [1.82, 2.24) is 0 Å². The lowest BCUT2D eigenvalue weighted by Crippen LogP contribution is -2.30. The van der Waals surface area contributed by atoms with Crippen LogP contribution < -0.4 is 0 Å². The fourth-order valence-corrected chi connectivity index (χ4v) is 10.8. The van der Waals surface area contributed by atoms with Crippen LogP contribution in [0.15, 0.2) is 109 Å². The number of hydrogen-bond donors (Lipinski definition) is 3. The molecule has 0 saturated heterocycles. The van der Waals surface area contributed by atoms with Crippen molar-refractivity contribution in [3.63, 3.8) is 0 Å². The summed E-state index contributed by atoms with van der Waals surface area (Å²) in [5, 5.41) is 10.6. The summed E-state index contributed by atoms with van der Waals surface area (Å²) in [6, 6.07) is 0. The number of carbonyl (C=O) groups is 4. The van der Waals surface area contributed by atoms with Gasteiger partial charge in [0.25, 0.3) is 0 Å². The van der Waals surface area contributed by atoms with Crippen molar-refractivity contribution in [1.29, 1.82) is 0 Å². The molecule has 0 amide bonds. The maximum atomic E-state index is 13.0. The predicted molar refractivity (Wildman–Crippen MR) is 381 cm³/mol. The van der Waals surface area contributed by atoms with E-state index < -0.39 is 97.5 Å². The van der Waals surface area contributed by atoms with Crippen molar-refractivity contribution < 1.29 is 80.2 Å². The van der Waals surface area contributed by atoms with Gasteiger partial charge in [0.05, 0.1) is 26.4 Å². The largest absolute Gasteiger partial charge is 0.472 e. The van der Waals surface area contributed by atoms with Crippen LogP contribution in [-0.4, -0.2) is 96.7 Å². The normalized spacial score (nSPS) is 14.7. The first-order valence-electron chi connectivity index (χ1n) is 36.1. The van der Waals surface area contributed by atoms with Crippen LogP contribution in [0.5, 0.6) is 0 Å². The highest BCUT2D eigenvalue weighted by Crippen LogP contribution is 2.45. The van der Waals surface area contributed by atoms with Crippen molar-refractivity contribution in [3.05, 3.63) is 109 Å². The predicted octanol–water partition coefficient (Wildman–Crippen LogP) is 20.2. The van der Waals surface area contributed by atoms with Crippen LogP contribution in [0.25, 0.3) is 0 Å². The van der Waals surface area contributed by atoms with Gasteiger partial charge in [0, 0.05) is 25.7 Å². The van der Waals surface area contributed by atoms with Crippen molar-refractivity contribution >= 4 is 39.5 Å². The molecule has 0 saturated carbocycles. The molecule has 0 rings (SSSR count). The topological polar surface area (TPSA) is 237 Å². The van der Waals surface area contributed by atoms with E-state index in [0.717, 1.165) is 180 Å². The van der Waals surface area contributed by atoms with Gasteiger partial charge in [-0.2, -0.15) is 0 Å². The van der Waals surface area contributed by atoms with Crippen molar-refractivity contribution in [3.8, 4) is 0 Å². The monoisotopic (exact) mass is 1360 g/mol. The smallest absolute Gasteiger partial charge is 0.462 e. The summed E-state index contributed by atoms with van der Waals surface area (Å²) in [7, 11) is -9.95. The Balaban J connectivity index is 5.33. The number of aliphatic hydroxyl groups excluding tert-OH is 1. The van der Waals surface area contributed by atoms with E-state index in [2.05, 4.69) is 137 Å². The number of phosphoric acid groups is 2. The molecule has 0 aliphatic heterocycles. The highest BCUT2D eigenvalue weighted by Gasteiger charge is 2.30. The first kappa shape index (κ1) is 89.7. The van der Waals surface area contributed by atoms with E-state index in [9.17, 15) is 43.2 Å². The standard InChI is InChI=1S/C75H128O17P2/c1-5-9-13-17-21-25-29-31-33-34-36-38-42-44-48-52-56-60-73(78)86-66-71(92-75(80)62-58-54-50-46-40-28-24-20-16-12-8-4)68-90-94(83,84)88-64-69(76)63-87-93(81,82)89-67-70(91-74(79)61-57-53-49-45-39-27-23-19-15-11-7-3)65-85-72(77)59-55-51-47-43-41-37-35-32-30-26-22-18-14-10-6-2/h9-10,13-14,19-26,31-33,35-36,38,69-71,76H,5-8,11-12,15-18,27-30,34,37,39-68H2,1-4H3,(H,81,82)(H,83,84)/b13-9-,14-10-,23-19-,24-20-,25-21-,26-22-,33-31-,35-32-,38-36-. The zero-order chi connectivity index (χ0) is 69.0. The number of allylic oxidation sites excluding steroid dienone is 18. The van der Waals surface area contributed by atoms with E-state index >= 15 is 0 Å². The van der Waals surface area contributed by atoms with Gasteiger partial charge in [-0.05, 0) is 135 Å². The average molecular weight is 1360 g/mol. The van der Waals surface area contributed by atoms with E-state index in [1.165, 1.54) is 25.7 Å². The molecule has 0 aliphatic carbocycles. The Morgan fingerprint density at radius 3 is 0.862 bits per heavy atom. The molecule has 19 heteroatoms. The summed E-state index contributed by atoms with van der Waals surface area (Å²) in [4.78, 5) is 72.6. The lowest BCUT2D eigenvalue weighted by atomic mass is 10.1. The summed E-state index contributed by atoms with van der Waals surface area (Å²) in [5.74, 6) is -2.24. The summed E-state index contributed by atoms with van der Waals surface area (Å²) in [5.41, 5.74) is 0. The van der Waals surface area contributed by atoms with Crippen LogP contribution in [0.1, 0.15) is 285 Å². The summed E-state index contributed by atoms with van der Waals surface area (Å²) in [6.45, 7) is 4.48. The van der Waals surface area contributed by atoms with Crippen molar-refractivity contribution in [2.24, 2.45) is 0 Å². The minimum Gasteiger partial charge on any atom is -0.462 e. The van der Waals surface area contributed by atoms with Gasteiger partial charge in [-0.1, -0.05) is 233 Å². The van der Waals surface area contributed by atoms with Crippen LogP contribution in [0.2, 0.25) is 0 Å². The summed E-state index contributed by atoms with van der Waals surface area (Å²) in [6.07, 6.45) is 69.6. The van der Waals surface area contributed by atoms with E-state index in [-0.39, 0.29) is 25.7 Å². The molecule has 0 fully saturated rings. The quantitative estimate of drug-likeness (QED) is 0.0169. The fourth-order valence-electron chi connectivity index (χ4n) is 9.19. The zero-order valence-electron chi connectivity index (χ0n) is 58.6. The molecule has 0 radical (unpaired) electrons. The maximum Gasteiger partial charge on any atom is 0.472 e. The molecule has 0 bridgehead atoms. The third-order valence-corrected chi connectivity index (χ3v) is 16.6. The Hall–Kier alpha value is -4.28. The van der Waals surface area contributed by atoms with Gasteiger partial charge in [0.1, 0.15) is 19.3 Å². The lowest BCUT2D eigenvalue weighted by Gasteiger charge is -2.21. The number of unbranched alkanes of at least 4 members (excludes halogenated alkanes) is 23. The number of aliphatic hydroxyl groups is 1. The molecule has 0 heterocycles. The highest BCUT2D eigenvalue weighted by molar-refractivity contribution is 7.47. The van der Waals surface area contributed by atoms with Crippen LogP contribution in [0.4, 0.5) is 0 Å². The summed E-state index contributed by atoms with van der Waals surface area (Å²) < 4.78 is 68.2. The number of carbonyl (C=O) groups excluding carboxylic acids is 4. The molecule has 94 heavy (non-hydrogen) atoms. The van der Waals surface area contributed by atoms with Gasteiger partial charge in [-0.15, -0.1) is 0 Å². The van der Waals surface area contributed by atoms with Crippen molar-refractivity contribution in [2.45, 2.75) is 303 Å². The Labute approximate surface area is 569 Å². The van der Waals surface area contributed by atoms with Gasteiger partial charge in [0.2, 0.25) is 0 Å². The third kappa shape index (κ3) is 66.3. The van der Waals surface area contributed by atoms with Gasteiger partial charge in [-0.3, -0.25) is 37.3 Å². The molecule has 5 unspecified atom stereocenters. The van der Waals surface area contributed by atoms with E-state index in [0.29, 0.717) is 25.7 Å². The molecule has 0 aromatic rings. The highest BCUT2D eigenvalue weighted by atomic mass is 31.2. The van der Waals surface area contributed by atoms with E-state index in [1.54, 1.807) is 0 Å². The second kappa shape index (κ2) is 67.3. The number of rotatable bonds is 67. The van der Waals surface area contributed by atoms with E-state index in [1.807, 2.05) is 0 Å². The van der Waals surface area contributed by atoms with Crippen LogP contribution in [0, 0.1) is 0 Å². The van der Waals surface area contributed by atoms with Crippen molar-refractivity contribution in [2.75, 3.05) is 39.6 Å².